The number of nitrogen functional groups attached to an aromatic ring is 1. The number of carboxylic acid groups (broad SMARTS) is 1. The number of β-lactam (4-membered cyclic amide) rings is 1. The van der Waals surface area contributed by atoms with E-state index in [1.165, 1.54) is 35.1 Å². The molecule has 0 aliphatic carbocycles. The van der Waals surface area contributed by atoms with E-state index in [0.29, 0.717) is 17.7 Å². The average molecular weight is 543 g/mol. The molecule has 4 N–H and O–H groups in total. The van der Waals surface area contributed by atoms with Gasteiger partial charge in [0, 0.05) is 9.78 Å². The van der Waals surface area contributed by atoms with Crippen molar-refractivity contribution in [2.24, 2.45) is 5.16 Å². The van der Waals surface area contributed by atoms with Crippen molar-refractivity contribution in [3.8, 4) is 0 Å². The summed E-state index contributed by atoms with van der Waals surface area (Å²) in [5.74, 6) is -2.47. The number of aryl methyl sites for hydroxylation is 2. The highest BCUT2D eigenvalue weighted by Gasteiger charge is 2.54. The SMILES string of the molecule is CO/N=C(\C(=O)NC1C(=O)N2C(C(=O)O)=C(Sc3nc(C)c(C)s3)CCC12)c1nc(N)sc1Cl. The minimum atomic E-state index is -1.21. The molecule has 0 radical (unpaired) electrons. The Morgan fingerprint density at radius 3 is 2.65 bits per heavy atom. The van der Waals surface area contributed by atoms with Crippen LogP contribution in [0, 0.1) is 13.8 Å². The molecule has 15 heteroatoms. The molecule has 0 bridgehead atoms. The van der Waals surface area contributed by atoms with Crippen LogP contribution >= 0.6 is 46.0 Å². The van der Waals surface area contributed by atoms with Gasteiger partial charge in [0.15, 0.2) is 15.2 Å². The second-order valence-electron chi connectivity index (χ2n) is 7.36. The Morgan fingerprint density at radius 1 is 1.35 bits per heavy atom. The van der Waals surface area contributed by atoms with Crippen LogP contribution in [0.1, 0.15) is 29.1 Å². The van der Waals surface area contributed by atoms with Gasteiger partial charge in [-0.2, -0.15) is 0 Å². The number of halogens is 1. The van der Waals surface area contributed by atoms with Crippen LogP contribution in [0.15, 0.2) is 20.1 Å². The number of nitrogens with two attached hydrogens (primary N) is 1. The number of hydrogen-bond donors (Lipinski definition) is 3. The Hall–Kier alpha value is -2.68. The standard InChI is InChI=1S/C19H19ClN6O5S3/c1-6-7(2)32-19(22-6)33-9-5-4-8-10(16(28)26(8)13(9)17(29)30)23-15(27)12(25-31-3)11-14(20)34-18(21)24-11/h8,10H,4-5H2,1-3H3,(H2,21,24)(H,23,27)(H,29,30)/b25-12-. The monoisotopic (exact) mass is 542 g/mol. The molecule has 2 amide bonds. The summed E-state index contributed by atoms with van der Waals surface area (Å²) in [5.41, 5.74) is 6.26. The number of allylic oxidation sites excluding steroid dienone is 1. The fourth-order valence-corrected chi connectivity index (χ4v) is 6.98. The quantitative estimate of drug-likeness (QED) is 0.271. The first-order valence-corrected chi connectivity index (χ1v) is 12.7. The van der Waals surface area contributed by atoms with Gasteiger partial charge in [-0.05, 0) is 26.7 Å². The number of carbonyl (C=O) groups is 3. The third-order valence-electron chi connectivity index (χ3n) is 5.32. The van der Waals surface area contributed by atoms with E-state index in [9.17, 15) is 19.5 Å². The zero-order valence-electron chi connectivity index (χ0n) is 18.1. The number of oxime groups is 1. The van der Waals surface area contributed by atoms with Crippen LogP contribution in [-0.4, -0.2) is 62.7 Å². The predicted octanol–water partition coefficient (Wildman–Crippen LogP) is 2.38. The molecule has 11 nitrogen and oxygen atoms in total. The Morgan fingerprint density at radius 2 is 2.09 bits per heavy atom. The molecule has 2 atom stereocenters. The highest BCUT2D eigenvalue weighted by atomic mass is 35.5. The molecule has 2 aromatic rings. The Kier molecular flexibility index (Phi) is 6.85. The number of aromatic nitrogens is 2. The van der Waals surface area contributed by atoms with Gasteiger partial charge < -0.3 is 21.0 Å². The van der Waals surface area contributed by atoms with Crippen molar-refractivity contribution in [1.29, 1.82) is 0 Å². The van der Waals surface area contributed by atoms with Crippen LogP contribution < -0.4 is 11.1 Å². The molecule has 2 aliphatic rings. The number of carbonyl (C=O) groups excluding carboxylic acids is 2. The Balaban J connectivity index is 1.55. The highest BCUT2D eigenvalue weighted by Crippen LogP contribution is 2.44. The van der Waals surface area contributed by atoms with Gasteiger partial charge in [0.25, 0.3) is 11.8 Å². The first kappa shape index (κ1) is 24.4. The van der Waals surface area contributed by atoms with Crippen molar-refractivity contribution in [2.75, 3.05) is 12.8 Å². The molecule has 0 saturated carbocycles. The average Bonchev–Trinajstić information content (AvgIpc) is 3.28. The molecule has 2 unspecified atom stereocenters. The maximum absolute atomic E-state index is 13.0. The van der Waals surface area contributed by atoms with Crippen molar-refractivity contribution in [2.45, 2.75) is 43.1 Å². The van der Waals surface area contributed by atoms with Crippen LogP contribution in [0.25, 0.3) is 0 Å². The van der Waals surface area contributed by atoms with Gasteiger partial charge in [-0.1, -0.05) is 39.9 Å². The molecule has 4 rings (SSSR count). The first-order valence-electron chi connectivity index (χ1n) is 9.88. The molecule has 34 heavy (non-hydrogen) atoms. The summed E-state index contributed by atoms with van der Waals surface area (Å²) in [4.78, 5) is 54.0. The zero-order valence-corrected chi connectivity index (χ0v) is 21.3. The van der Waals surface area contributed by atoms with Gasteiger partial charge in [0.05, 0.1) is 11.7 Å². The molecule has 0 spiro atoms. The van der Waals surface area contributed by atoms with E-state index in [2.05, 4.69) is 20.4 Å². The van der Waals surface area contributed by atoms with Crippen molar-refractivity contribution < 1.29 is 24.3 Å². The molecule has 2 aliphatic heterocycles. The van der Waals surface area contributed by atoms with Gasteiger partial charge in [-0.15, -0.1) is 11.3 Å². The first-order chi connectivity index (χ1) is 16.1. The normalized spacial score (nSPS) is 20.2. The lowest BCUT2D eigenvalue weighted by molar-refractivity contribution is -0.155. The van der Waals surface area contributed by atoms with E-state index in [1.54, 1.807) is 0 Å². The lowest BCUT2D eigenvalue weighted by Crippen LogP contribution is -2.72. The predicted molar refractivity (Wildman–Crippen MR) is 129 cm³/mol. The number of amides is 2. The fraction of sp³-hybridized carbons (Fsp3) is 0.368. The number of anilines is 1. The van der Waals surface area contributed by atoms with Gasteiger partial charge in [0.2, 0.25) is 0 Å². The highest BCUT2D eigenvalue weighted by molar-refractivity contribution is 8.04. The van der Waals surface area contributed by atoms with Crippen molar-refractivity contribution in [3.05, 3.63) is 31.2 Å². The number of thioether (sulfide) groups is 1. The smallest absolute Gasteiger partial charge is 0.353 e. The summed E-state index contributed by atoms with van der Waals surface area (Å²) in [7, 11) is 1.25. The minimum Gasteiger partial charge on any atom is -0.477 e. The lowest BCUT2D eigenvalue weighted by Gasteiger charge is -2.50. The number of nitrogens with zero attached hydrogens (tertiary/aromatic N) is 4. The lowest BCUT2D eigenvalue weighted by atomic mass is 9.86. The molecule has 4 heterocycles. The van der Waals surface area contributed by atoms with E-state index < -0.39 is 29.9 Å². The van der Waals surface area contributed by atoms with Crippen molar-refractivity contribution in [3.63, 3.8) is 0 Å². The van der Waals surface area contributed by atoms with Crippen molar-refractivity contribution >= 4 is 74.7 Å². The summed E-state index contributed by atoms with van der Waals surface area (Å²) in [5, 5.41) is 16.3. The van der Waals surface area contributed by atoms with Crippen LogP contribution in [-0.2, 0) is 19.2 Å². The van der Waals surface area contributed by atoms with E-state index >= 15 is 0 Å². The molecule has 1 saturated heterocycles. The number of nitrogens with one attached hydrogen (secondary N) is 1. The minimum absolute atomic E-state index is 0.0367. The van der Waals surface area contributed by atoms with Gasteiger partial charge in [-0.3, -0.25) is 14.5 Å². The summed E-state index contributed by atoms with van der Waals surface area (Å²) in [6.07, 6.45) is 0.901. The largest absolute Gasteiger partial charge is 0.477 e. The molecule has 1 fully saturated rings. The Labute approximate surface area is 211 Å². The number of carboxylic acids is 1. The Bertz CT molecular complexity index is 1240. The van der Waals surface area contributed by atoms with E-state index in [4.69, 9.17) is 22.2 Å². The molecular formula is C19H19ClN6O5S3. The number of fused-ring (bicyclic) bond motifs is 1. The second-order valence-corrected chi connectivity index (χ2v) is 11.5. The third-order valence-corrected chi connectivity index (χ3v) is 8.69. The molecule has 0 aromatic carbocycles. The van der Waals surface area contributed by atoms with Crippen LogP contribution in [0.5, 0.6) is 0 Å². The molecular weight excluding hydrogens is 524 g/mol. The maximum Gasteiger partial charge on any atom is 0.353 e. The van der Waals surface area contributed by atoms with Gasteiger partial charge >= 0.3 is 5.97 Å². The number of aliphatic carboxylic acids is 1. The van der Waals surface area contributed by atoms with E-state index in [0.717, 1.165) is 26.2 Å². The van der Waals surface area contributed by atoms with Crippen molar-refractivity contribution in [1.82, 2.24) is 20.2 Å². The zero-order chi connectivity index (χ0) is 24.7. The summed E-state index contributed by atoms with van der Waals surface area (Å²) in [6, 6.07) is -1.43. The summed E-state index contributed by atoms with van der Waals surface area (Å²) < 4.78 is 0.868. The van der Waals surface area contributed by atoms with E-state index in [1.807, 2.05) is 13.8 Å². The number of hydrogen-bond acceptors (Lipinski definition) is 11. The molecule has 180 valence electrons. The van der Waals surface area contributed by atoms with Crippen LogP contribution in [0.3, 0.4) is 0 Å². The van der Waals surface area contributed by atoms with Crippen LogP contribution in [0.2, 0.25) is 4.34 Å². The second kappa shape index (κ2) is 9.52. The summed E-state index contributed by atoms with van der Waals surface area (Å²) in [6.45, 7) is 3.83. The van der Waals surface area contributed by atoms with Crippen LogP contribution in [0.4, 0.5) is 5.13 Å². The fourth-order valence-electron chi connectivity index (χ4n) is 3.68. The summed E-state index contributed by atoms with van der Waals surface area (Å²) >= 11 is 9.80. The van der Waals surface area contributed by atoms with Gasteiger partial charge in [-0.25, -0.2) is 14.8 Å². The third kappa shape index (κ3) is 4.37. The molecule has 2 aromatic heterocycles. The number of thiazole rings is 2. The topological polar surface area (TPSA) is 160 Å². The van der Waals surface area contributed by atoms with Gasteiger partial charge in [0.1, 0.15) is 28.9 Å². The maximum atomic E-state index is 13.0. The number of rotatable bonds is 7. The van der Waals surface area contributed by atoms with E-state index in [-0.39, 0.29) is 26.6 Å².